The first-order valence-corrected chi connectivity index (χ1v) is 5.15. The third kappa shape index (κ3) is 4.12. The van der Waals surface area contributed by atoms with E-state index in [1.165, 1.54) is 0 Å². The highest BCUT2D eigenvalue weighted by Crippen LogP contribution is 2.07. The average Bonchev–Trinajstić information content (AvgIpc) is 2.16. The van der Waals surface area contributed by atoms with Crippen LogP contribution in [0.3, 0.4) is 0 Å². The van der Waals surface area contributed by atoms with E-state index in [2.05, 4.69) is 15.3 Å². The fraction of sp³-hybridized carbons (Fsp3) is 0.600. The van der Waals surface area contributed by atoms with Gasteiger partial charge in [-0.2, -0.15) is 4.98 Å². The molecule has 0 radical (unpaired) electrons. The maximum Gasteiger partial charge on any atom is 0.222 e. The Kier molecular flexibility index (Phi) is 4.30. The van der Waals surface area contributed by atoms with Crippen molar-refractivity contribution in [3.63, 3.8) is 0 Å². The molecule has 0 aliphatic carbocycles. The van der Waals surface area contributed by atoms with Crippen molar-refractivity contribution in [2.24, 2.45) is 0 Å². The van der Waals surface area contributed by atoms with E-state index in [1.54, 1.807) is 0 Å². The average molecular weight is 210 g/mol. The lowest BCUT2D eigenvalue weighted by atomic mass is 10.2. The molecule has 0 spiro atoms. The minimum atomic E-state index is -0.252. The van der Waals surface area contributed by atoms with Gasteiger partial charge < -0.3 is 16.2 Å². The van der Waals surface area contributed by atoms with E-state index in [-0.39, 0.29) is 12.1 Å². The van der Waals surface area contributed by atoms with Crippen LogP contribution in [0.2, 0.25) is 0 Å². The van der Waals surface area contributed by atoms with Crippen LogP contribution in [0, 0.1) is 6.92 Å². The molecule has 0 aliphatic heterocycles. The van der Waals surface area contributed by atoms with E-state index in [1.807, 2.05) is 19.9 Å². The summed E-state index contributed by atoms with van der Waals surface area (Å²) < 4.78 is 0. The number of aliphatic hydroxyl groups excluding tert-OH is 1. The number of aryl methyl sites for hydroxylation is 1. The van der Waals surface area contributed by atoms with Crippen molar-refractivity contribution < 1.29 is 5.11 Å². The minimum absolute atomic E-state index is 0.252. The van der Waals surface area contributed by atoms with Gasteiger partial charge in [-0.15, -0.1) is 0 Å². The lowest BCUT2D eigenvalue weighted by Crippen LogP contribution is -2.13. The van der Waals surface area contributed by atoms with Gasteiger partial charge in [0.05, 0.1) is 6.10 Å². The number of aromatic nitrogens is 2. The Morgan fingerprint density at radius 3 is 2.87 bits per heavy atom. The predicted molar refractivity (Wildman–Crippen MR) is 60.6 cm³/mol. The molecule has 5 heteroatoms. The van der Waals surface area contributed by atoms with E-state index in [9.17, 15) is 5.11 Å². The molecule has 0 aromatic carbocycles. The van der Waals surface area contributed by atoms with Crippen LogP contribution in [0.4, 0.5) is 11.8 Å². The largest absolute Gasteiger partial charge is 0.393 e. The topological polar surface area (TPSA) is 84.1 Å². The zero-order valence-corrected chi connectivity index (χ0v) is 9.20. The van der Waals surface area contributed by atoms with Crippen LogP contribution in [0.15, 0.2) is 6.07 Å². The summed E-state index contributed by atoms with van der Waals surface area (Å²) in [4.78, 5) is 8.00. The van der Waals surface area contributed by atoms with Gasteiger partial charge >= 0.3 is 0 Å². The molecule has 1 unspecified atom stereocenters. The Labute approximate surface area is 89.7 Å². The number of hydrogen-bond donors (Lipinski definition) is 3. The maximum absolute atomic E-state index is 9.35. The van der Waals surface area contributed by atoms with Crippen molar-refractivity contribution in [2.45, 2.75) is 32.8 Å². The smallest absolute Gasteiger partial charge is 0.222 e. The van der Waals surface area contributed by atoms with Crippen LogP contribution in [0.1, 0.15) is 25.5 Å². The summed E-state index contributed by atoms with van der Waals surface area (Å²) in [7, 11) is 0. The van der Waals surface area contributed by atoms with Gasteiger partial charge in [0.15, 0.2) is 0 Å². The number of rotatable bonds is 5. The molecular formula is C10H18N4O. The van der Waals surface area contributed by atoms with Crippen LogP contribution >= 0.6 is 0 Å². The van der Waals surface area contributed by atoms with E-state index >= 15 is 0 Å². The molecular weight excluding hydrogens is 192 g/mol. The summed E-state index contributed by atoms with van der Waals surface area (Å²) in [6.45, 7) is 4.51. The molecule has 0 saturated heterocycles. The first-order chi connectivity index (χ1) is 7.11. The zero-order valence-electron chi connectivity index (χ0n) is 9.20. The molecule has 0 fully saturated rings. The van der Waals surface area contributed by atoms with Crippen molar-refractivity contribution in [3.8, 4) is 0 Å². The number of nitrogens with two attached hydrogens (primary N) is 1. The van der Waals surface area contributed by atoms with Crippen molar-refractivity contribution in [3.05, 3.63) is 11.8 Å². The second kappa shape index (κ2) is 5.50. The molecule has 4 N–H and O–H groups in total. The van der Waals surface area contributed by atoms with E-state index in [4.69, 9.17) is 5.73 Å². The Balaban J connectivity index is 2.43. The number of anilines is 2. The molecule has 0 bridgehead atoms. The van der Waals surface area contributed by atoms with E-state index < -0.39 is 0 Å². The normalized spacial score (nSPS) is 12.5. The SMILES string of the molecule is CCC(O)CCNc1cc(C)nc(N)n1. The molecule has 5 nitrogen and oxygen atoms in total. The van der Waals surface area contributed by atoms with Gasteiger partial charge in [-0.3, -0.25) is 0 Å². The summed E-state index contributed by atoms with van der Waals surface area (Å²) in [5.41, 5.74) is 6.34. The van der Waals surface area contributed by atoms with Gasteiger partial charge in [0, 0.05) is 18.3 Å². The van der Waals surface area contributed by atoms with Crippen LogP contribution in [-0.2, 0) is 0 Å². The van der Waals surface area contributed by atoms with Gasteiger partial charge in [0.2, 0.25) is 5.95 Å². The van der Waals surface area contributed by atoms with Gasteiger partial charge in [-0.05, 0) is 19.8 Å². The first kappa shape index (κ1) is 11.7. The molecule has 0 aliphatic rings. The number of nitrogen functional groups attached to an aromatic ring is 1. The second-order valence-electron chi connectivity index (χ2n) is 3.53. The number of hydrogen-bond acceptors (Lipinski definition) is 5. The Morgan fingerprint density at radius 2 is 2.27 bits per heavy atom. The molecule has 1 atom stereocenters. The number of nitrogens with one attached hydrogen (secondary N) is 1. The number of nitrogens with zero attached hydrogens (tertiary/aromatic N) is 2. The minimum Gasteiger partial charge on any atom is -0.393 e. The van der Waals surface area contributed by atoms with Gasteiger partial charge in [-0.1, -0.05) is 6.92 Å². The predicted octanol–water partition coefficient (Wildman–Crippen LogP) is 0.940. The van der Waals surface area contributed by atoms with Crippen molar-refractivity contribution >= 4 is 11.8 Å². The summed E-state index contributed by atoms with van der Waals surface area (Å²) in [5.74, 6) is 0.983. The highest BCUT2D eigenvalue weighted by atomic mass is 16.3. The van der Waals surface area contributed by atoms with Crippen molar-refractivity contribution in [2.75, 3.05) is 17.6 Å². The Hall–Kier alpha value is -1.36. The van der Waals surface area contributed by atoms with Crippen LogP contribution in [-0.4, -0.2) is 27.7 Å². The molecule has 84 valence electrons. The van der Waals surface area contributed by atoms with Gasteiger partial charge in [0.1, 0.15) is 5.82 Å². The van der Waals surface area contributed by atoms with Gasteiger partial charge in [0.25, 0.3) is 0 Å². The second-order valence-corrected chi connectivity index (χ2v) is 3.53. The Morgan fingerprint density at radius 1 is 1.53 bits per heavy atom. The molecule has 0 amide bonds. The van der Waals surface area contributed by atoms with Crippen molar-refractivity contribution in [1.29, 1.82) is 0 Å². The Bertz CT molecular complexity index is 296. The summed E-state index contributed by atoms with van der Waals surface area (Å²) in [6, 6.07) is 1.83. The lowest BCUT2D eigenvalue weighted by molar-refractivity contribution is 0.164. The fourth-order valence-electron chi connectivity index (χ4n) is 1.25. The van der Waals surface area contributed by atoms with Crippen LogP contribution in [0.25, 0.3) is 0 Å². The maximum atomic E-state index is 9.35. The van der Waals surface area contributed by atoms with Crippen LogP contribution < -0.4 is 11.1 Å². The molecule has 15 heavy (non-hydrogen) atoms. The molecule has 1 aromatic heterocycles. The molecule has 1 heterocycles. The standard InChI is InChI=1S/C10H18N4O/c1-3-8(15)4-5-12-9-6-7(2)13-10(11)14-9/h6,8,15H,3-5H2,1-2H3,(H3,11,12,13,14). The molecule has 0 saturated carbocycles. The highest BCUT2D eigenvalue weighted by Gasteiger charge is 2.01. The van der Waals surface area contributed by atoms with Crippen LogP contribution in [0.5, 0.6) is 0 Å². The molecule has 1 rings (SSSR count). The zero-order chi connectivity index (χ0) is 11.3. The van der Waals surface area contributed by atoms with Crippen molar-refractivity contribution in [1.82, 2.24) is 9.97 Å². The quantitative estimate of drug-likeness (QED) is 0.673. The third-order valence-corrected chi connectivity index (χ3v) is 2.13. The lowest BCUT2D eigenvalue weighted by Gasteiger charge is -2.09. The monoisotopic (exact) mass is 210 g/mol. The molecule has 1 aromatic rings. The fourth-order valence-corrected chi connectivity index (χ4v) is 1.25. The first-order valence-electron chi connectivity index (χ1n) is 5.15. The number of aliphatic hydroxyl groups is 1. The summed E-state index contributed by atoms with van der Waals surface area (Å²) in [5, 5.41) is 12.4. The summed E-state index contributed by atoms with van der Waals surface area (Å²) >= 11 is 0. The third-order valence-electron chi connectivity index (χ3n) is 2.13. The van der Waals surface area contributed by atoms with E-state index in [0.717, 1.165) is 12.1 Å². The highest BCUT2D eigenvalue weighted by molar-refractivity contribution is 5.39. The summed E-state index contributed by atoms with van der Waals surface area (Å²) in [6.07, 6.45) is 1.23. The van der Waals surface area contributed by atoms with E-state index in [0.29, 0.717) is 18.8 Å². The van der Waals surface area contributed by atoms with Gasteiger partial charge in [-0.25, -0.2) is 4.98 Å².